The number of benzene rings is 1. The number of hydrogen-bond acceptors (Lipinski definition) is 5. The first kappa shape index (κ1) is 17.0. The molecule has 0 bridgehead atoms. The van der Waals surface area contributed by atoms with Crippen LogP contribution in [0.5, 0.6) is 0 Å². The summed E-state index contributed by atoms with van der Waals surface area (Å²) in [6, 6.07) is 9.89. The van der Waals surface area contributed by atoms with E-state index in [1.165, 1.54) is 35.7 Å². The molecule has 2 fully saturated rings. The molecule has 6 heteroatoms. The number of furan rings is 1. The molecule has 134 valence electrons. The molecular weight excluding hydrogens is 346 g/mol. The number of nitrogens with zero attached hydrogens (tertiary/aromatic N) is 2. The van der Waals surface area contributed by atoms with Gasteiger partial charge in [-0.1, -0.05) is 6.07 Å². The second-order valence-corrected chi connectivity index (χ2v) is 7.65. The fraction of sp³-hybridized carbons (Fsp3) is 0.300. The normalized spacial score (nSPS) is 20.4. The van der Waals surface area contributed by atoms with Crippen LogP contribution < -0.4 is 10.2 Å². The quantitative estimate of drug-likeness (QED) is 0.818. The Morgan fingerprint density at radius 2 is 1.96 bits per heavy atom. The molecule has 4 rings (SSSR count). The van der Waals surface area contributed by atoms with Gasteiger partial charge in [0.25, 0.3) is 5.91 Å². The van der Waals surface area contributed by atoms with Crippen molar-refractivity contribution < 1.29 is 9.21 Å². The lowest BCUT2D eigenvalue weighted by atomic mass is 10.1. The van der Waals surface area contributed by atoms with Gasteiger partial charge in [0, 0.05) is 25.2 Å². The molecule has 1 aromatic carbocycles. The van der Waals surface area contributed by atoms with Crippen molar-refractivity contribution in [3.63, 3.8) is 0 Å². The van der Waals surface area contributed by atoms with Gasteiger partial charge in [0.15, 0.2) is 11.1 Å². The van der Waals surface area contributed by atoms with Crippen LogP contribution in [0.15, 0.2) is 44.6 Å². The molecule has 2 aromatic rings. The van der Waals surface area contributed by atoms with E-state index in [0.29, 0.717) is 15.8 Å². The fourth-order valence-electron chi connectivity index (χ4n) is 3.05. The molecule has 1 N–H and O–H groups in total. The minimum atomic E-state index is -0.142. The van der Waals surface area contributed by atoms with Gasteiger partial charge < -0.3 is 14.6 Å². The highest BCUT2D eigenvalue weighted by atomic mass is 32.2. The van der Waals surface area contributed by atoms with E-state index in [1.807, 2.05) is 30.3 Å². The SMILES string of the molecule is Cc1ccc(N=C2NC(=O)/C(=C/c3ccc(N4CCCC4)o3)S2)cc1C. The van der Waals surface area contributed by atoms with E-state index in [9.17, 15) is 4.79 Å². The largest absolute Gasteiger partial charge is 0.441 e. The lowest BCUT2D eigenvalue weighted by Crippen LogP contribution is -2.19. The summed E-state index contributed by atoms with van der Waals surface area (Å²) in [6.07, 6.45) is 4.18. The van der Waals surface area contributed by atoms with Gasteiger partial charge in [-0.05, 0) is 67.8 Å². The Labute approximate surface area is 157 Å². The smallest absolute Gasteiger partial charge is 0.264 e. The topological polar surface area (TPSA) is 57.8 Å². The molecule has 0 atom stereocenters. The van der Waals surface area contributed by atoms with Gasteiger partial charge >= 0.3 is 0 Å². The molecule has 3 heterocycles. The summed E-state index contributed by atoms with van der Waals surface area (Å²) in [4.78, 5) is 19.6. The number of aliphatic imine (C=N–C) groups is 1. The van der Waals surface area contributed by atoms with Crippen molar-refractivity contribution in [3.05, 3.63) is 52.1 Å². The second-order valence-electron chi connectivity index (χ2n) is 6.62. The number of carbonyl (C=O) groups excluding carboxylic acids is 1. The molecule has 2 aliphatic rings. The first-order chi connectivity index (χ1) is 12.6. The summed E-state index contributed by atoms with van der Waals surface area (Å²) in [6.45, 7) is 6.19. The van der Waals surface area contributed by atoms with Crippen molar-refractivity contribution in [2.24, 2.45) is 4.99 Å². The van der Waals surface area contributed by atoms with Crippen LogP contribution in [-0.4, -0.2) is 24.2 Å². The van der Waals surface area contributed by atoms with E-state index in [2.05, 4.69) is 29.1 Å². The van der Waals surface area contributed by atoms with E-state index >= 15 is 0 Å². The number of amidine groups is 1. The minimum absolute atomic E-state index is 0.142. The summed E-state index contributed by atoms with van der Waals surface area (Å²) in [7, 11) is 0. The Morgan fingerprint density at radius 3 is 2.73 bits per heavy atom. The molecule has 2 saturated heterocycles. The van der Waals surface area contributed by atoms with Crippen LogP contribution in [0.3, 0.4) is 0 Å². The van der Waals surface area contributed by atoms with Gasteiger partial charge in [-0.15, -0.1) is 0 Å². The third-order valence-corrected chi connectivity index (χ3v) is 5.59. The number of nitrogens with one attached hydrogen (secondary N) is 1. The summed E-state index contributed by atoms with van der Waals surface area (Å²) in [5, 5.41) is 3.42. The Kier molecular flexibility index (Phi) is 4.59. The highest BCUT2D eigenvalue weighted by molar-refractivity contribution is 8.18. The maximum Gasteiger partial charge on any atom is 0.264 e. The molecule has 1 amide bonds. The van der Waals surface area contributed by atoms with Crippen molar-refractivity contribution in [1.29, 1.82) is 0 Å². The van der Waals surface area contributed by atoms with Crippen molar-refractivity contribution in [3.8, 4) is 0 Å². The first-order valence-electron chi connectivity index (χ1n) is 8.80. The zero-order chi connectivity index (χ0) is 18.1. The number of aryl methyl sites for hydroxylation is 2. The summed E-state index contributed by atoms with van der Waals surface area (Å²) in [5.41, 5.74) is 3.25. The Bertz CT molecular complexity index is 908. The predicted octanol–water partition coefficient (Wildman–Crippen LogP) is 4.39. The molecule has 2 aliphatic heterocycles. The Balaban J connectivity index is 1.51. The van der Waals surface area contributed by atoms with Gasteiger partial charge in [0.2, 0.25) is 0 Å². The zero-order valence-corrected chi connectivity index (χ0v) is 15.7. The summed E-state index contributed by atoms with van der Waals surface area (Å²) in [5.74, 6) is 1.43. The van der Waals surface area contributed by atoms with Crippen LogP contribution >= 0.6 is 11.8 Å². The average Bonchev–Trinajstić information content (AvgIpc) is 3.33. The highest BCUT2D eigenvalue weighted by Gasteiger charge is 2.24. The van der Waals surface area contributed by atoms with Gasteiger partial charge in [-0.2, -0.15) is 0 Å². The van der Waals surface area contributed by atoms with Crippen LogP contribution in [-0.2, 0) is 4.79 Å². The lowest BCUT2D eigenvalue weighted by molar-refractivity contribution is -0.115. The zero-order valence-electron chi connectivity index (χ0n) is 14.9. The van der Waals surface area contributed by atoms with E-state index in [1.54, 1.807) is 6.08 Å². The molecular formula is C20H21N3O2S. The monoisotopic (exact) mass is 367 g/mol. The second kappa shape index (κ2) is 7.03. The number of amides is 1. The van der Waals surface area contributed by atoms with Crippen molar-refractivity contribution in [1.82, 2.24) is 5.32 Å². The highest BCUT2D eigenvalue weighted by Crippen LogP contribution is 2.30. The first-order valence-corrected chi connectivity index (χ1v) is 9.62. The van der Waals surface area contributed by atoms with Gasteiger partial charge in [0.05, 0.1) is 10.6 Å². The predicted molar refractivity (Wildman–Crippen MR) is 107 cm³/mol. The summed E-state index contributed by atoms with van der Waals surface area (Å²) < 4.78 is 5.88. The molecule has 0 unspecified atom stereocenters. The van der Waals surface area contributed by atoms with Gasteiger partial charge in [-0.3, -0.25) is 4.79 Å². The van der Waals surface area contributed by atoms with Crippen molar-refractivity contribution >= 4 is 40.5 Å². The standard InChI is InChI=1S/C20H21N3O2S/c1-13-5-6-15(11-14(13)2)21-20-22-19(24)17(26-20)12-16-7-8-18(25-16)23-9-3-4-10-23/h5-8,11-12H,3-4,9-10H2,1-2H3,(H,21,22,24)/b17-12-. The van der Waals surface area contributed by atoms with Crippen LogP contribution in [0.2, 0.25) is 0 Å². The maximum atomic E-state index is 12.2. The number of rotatable bonds is 3. The third-order valence-electron chi connectivity index (χ3n) is 4.68. The van der Waals surface area contributed by atoms with E-state index in [-0.39, 0.29) is 5.91 Å². The molecule has 0 aliphatic carbocycles. The van der Waals surface area contributed by atoms with Crippen LogP contribution in [0.25, 0.3) is 6.08 Å². The van der Waals surface area contributed by atoms with Crippen molar-refractivity contribution in [2.45, 2.75) is 26.7 Å². The third kappa shape index (κ3) is 3.55. The van der Waals surface area contributed by atoms with Gasteiger partial charge in [0.1, 0.15) is 5.76 Å². The molecule has 0 radical (unpaired) electrons. The minimum Gasteiger partial charge on any atom is -0.441 e. The number of anilines is 1. The number of hydrogen-bond donors (Lipinski definition) is 1. The van der Waals surface area contributed by atoms with Gasteiger partial charge in [-0.25, -0.2) is 4.99 Å². The van der Waals surface area contributed by atoms with E-state index < -0.39 is 0 Å². The van der Waals surface area contributed by atoms with Crippen LogP contribution in [0.1, 0.15) is 29.7 Å². The average molecular weight is 367 g/mol. The lowest BCUT2D eigenvalue weighted by Gasteiger charge is -2.12. The molecule has 0 spiro atoms. The molecule has 5 nitrogen and oxygen atoms in total. The molecule has 0 saturated carbocycles. The maximum absolute atomic E-state index is 12.2. The molecule has 26 heavy (non-hydrogen) atoms. The number of thioether (sulfide) groups is 1. The van der Waals surface area contributed by atoms with Crippen LogP contribution in [0, 0.1) is 13.8 Å². The number of carbonyl (C=O) groups is 1. The molecule has 1 aromatic heterocycles. The van der Waals surface area contributed by atoms with E-state index in [0.717, 1.165) is 24.7 Å². The summed E-state index contributed by atoms with van der Waals surface area (Å²) >= 11 is 1.34. The van der Waals surface area contributed by atoms with Crippen molar-refractivity contribution in [2.75, 3.05) is 18.0 Å². The Hall–Kier alpha value is -2.47. The Morgan fingerprint density at radius 1 is 1.15 bits per heavy atom. The van der Waals surface area contributed by atoms with Crippen LogP contribution in [0.4, 0.5) is 11.6 Å². The van der Waals surface area contributed by atoms with E-state index in [4.69, 9.17) is 4.42 Å². The fourth-order valence-corrected chi connectivity index (χ4v) is 3.87.